The fourth-order valence-electron chi connectivity index (χ4n) is 6.36. The van der Waals surface area contributed by atoms with Crippen LogP contribution in [0.1, 0.15) is 44.9 Å². The molecule has 1 saturated heterocycles. The third-order valence-corrected chi connectivity index (χ3v) is 6.69. The van der Waals surface area contributed by atoms with Crippen molar-refractivity contribution in [3.05, 3.63) is 0 Å². The van der Waals surface area contributed by atoms with E-state index in [-0.39, 0.29) is 0 Å². The third-order valence-electron chi connectivity index (χ3n) is 6.69. The maximum Gasteiger partial charge on any atom is 0.0537 e. The smallest absolute Gasteiger partial charge is 0.0537 e. The van der Waals surface area contributed by atoms with Crippen LogP contribution in [0.2, 0.25) is 0 Å². The summed E-state index contributed by atoms with van der Waals surface area (Å²) in [6, 6.07) is 0. The van der Waals surface area contributed by atoms with Crippen molar-refractivity contribution < 1.29 is 4.74 Å². The molecule has 0 spiro atoms. The van der Waals surface area contributed by atoms with Gasteiger partial charge in [-0.15, -0.1) is 0 Å². The molecular formula is C16H27NO. The molecule has 5 rings (SSSR count). The second-order valence-corrected chi connectivity index (χ2v) is 7.68. The largest absolute Gasteiger partial charge is 0.381 e. The molecule has 2 nitrogen and oxygen atoms in total. The monoisotopic (exact) mass is 249 g/mol. The molecule has 4 saturated carbocycles. The highest BCUT2D eigenvalue weighted by atomic mass is 16.5. The zero-order chi connectivity index (χ0) is 12.2. The Bertz CT molecular complexity index is 293. The summed E-state index contributed by atoms with van der Waals surface area (Å²) in [5, 5.41) is 0. The molecule has 0 aromatic carbocycles. The van der Waals surface area contributed by atoms with Crippen LogP contribution in [-0.4, -0.2) is 19.8 Å². The van der Waals surface area contributed by atoms with Gasteiger partial charge in [-0.2, -0.15) is 0 Å². The number of nitrogens with two attached hydrogens (primary N) is 1. The van der Waals surface area contributed by atoms with Crippen LogP contribution in [0.4, 0.5) is 0 Å². The van der Waals surface area contributed by atoms with E-state index in [1.54, 1.807) is 6.42 Å². The molecule has 1 atom stereocenters. The molecule has 5 aliphatic rings. The Kier molecular flexibility index (Phi) is 2.74. The van der Waals surface area contributed by atoms with E-state index in [0.717, 1.165) is 49.3 Å². The quantitative estimate of drug-likeness (QED) is 0.817. The van der Waals surface area contributed by atoms with Gasteiger partial charge in [-0.3, -0.25) is 0 Å². The van der Waals surface area contributed by atoms with Crippen LogP contribution in [-0.2, 0) is 4.74 Å². The summed E-state index contributed by atoms with van der Waals surface area (Å²) in [6.07, 6.45) is 10.2. The van der Waals surface area contributed by atoms with Crippen molar-refractivity contribution in [2.24, 2.45) is 40.7 Å². The van der Waals surface area contributed by atoms with Crippen LogP contribution in [0, 0.1) is 35.0 Å². The first kappa shape index (κ1) is 11.7. The molecule has 18 heavy (non-hydrogen) atoms. The Labute approximate surface area is 111 Å². The maximum absolute atomic E-state index is 6.24. The first-order chi connectivity index (χ1) is 8.81. The topological polar surface area (TPSA) is 35.2 Å². The highest BCUT2D eigenvalue weighted by molar-refractivity contribution is 5.05. The second-order valence-electron chi connectivity index (χ2n) is 7.68. The Balaban J connectivity index is 1.63. The predicted octanol–water partition coefficient (Wildman–Crippen LogP) is 2.81. The van der Waals surface area contributed by atoms with Gasteiger partial charge in [-0.05, 0) is 74.5 Å². The molecular weight excluding hydrogens is 222 g/mol. The highest BCUT2D eigenvalue weighted by Crippen LogP contribution is 2.61. The number of hydrogen-bond acceptors (Lipinski definition) is 2. The lowest BCUT2D eigenvalue weighted by molar-refractivity contribution is -0.137. The maximum atomic E-state index is 6.24. The summed E-state index contributed by atoms with van der Waals surface area (Å²) < 4.78 is 5.85. The van der Waals surface area contributed by atoms with Crippen molar-refractivity contribution in [3.8, 4) is 0 Å². The van der Waals surface area contributed by atoms with Crippen molar-refractivity contribution in [1.29, 1.82) is 0 Å². The lowest BCUT2D eigenvalue weighted by Crippen LogP contribution is -2.56. The van der Waals surface area contributed by atoms with Gasteiger partial charge in [0.15, 0.2) is 0 Å². The average molecular weight is 249 g/mol. The Morgan fingerprint density at radius 3 is 2.17 bits per heavy atom. The molecule has 0 amide bonds. The summed E-state index contributed by atoms with van der Waals surface area (Å²) in [7, 11) is 0. The molecule has 2 heteroatoms. The van der Waals surface area contributed by atoms with Crippen LogP contribution in [0.3, 0.4) is 0 Å². The normalized spacial score (nSPS) is 54.8. The zero-order valence-electron chi connectivity index (χ0n) is 11.4. The van der Waals surface area contributed by atoms with Gasteiger partial charge in [0.1, 0.15) is 0 Å². The SMILES string of the molecule is NCC1(C2C3CC4CC(C3)CC2C4)CCCOC1. The van der Waals surface area contributed by atoms with Crippen molar-refractivity contribution >= 4 is 0 Å². The van der Waals surface area contributed by atoms with Crippen molar-refractivity contribution in [2.45, 2.75) is 44.9 Å². The lowest BCUT2D eigenvalue weighted by atomic mass is 9.46. The van der Waals surface area contributed by atoms with E-state index >= 15 is 0 Å². The third kappa shape index (κ3) is 1.61. The fraction of sp³-hybridized carbons (Fsp3) is 1.00. The molecule has 0 radical (unpaired) electrons. The van der Waals surface area contributed by atoms with Gasteiger partial charge in [0.2, 0.25) is 0 Å². The Morgan fingerprint density at radius 2 is 1.67 bits per heavy atom. The molecule has 4 bridgehead atoms. The molecule has 1 heterocycles. The van der Waals surface area contributed by atoms with E-state index in [9.17, 15) is 0 Å². The molecule has 2 N–H and O–H groups in total. The summed E-state index contributed by atoms with van der Waals surface area (Å²) in [5.41, 5.74) is 6.59. The first-order valence-electron chi connectivity index (χ1n) is 8.08. The summed E-state index contributed by atoms with van der Waals surface area (Å²) in [5.74, 6) is 5.03. The van der Waals surface area contributed by atoms with Crippen molar-refractivity contribution in [1.82, 2.24) is 0 Å². The molecule has 0 aromatic heterocycles. The lowest BCUT2D eigenvalue weighted by Gasteiger charge is -2.60. The van der Waals surface area contributed by atoms with Crippen molar-refractivity contribution in [3.63, 3.8) is 0 Å². The van der Waals surface area contributed by atoms with Gasteiger partial charge >= 0.3 is 0 Å². The number of hydrogen-bond donors (Lipinski definition) is 1. The van der Waals surface area contributed by atoms with Gasteiger partial charge in [0, 0.05) is 18.6 Å². The van der Waals surface area contributed by atoms with Crippen LogP contribution in [0.15, 0.2) is 0 Å². The van der Waals surface area contributed by atoms with E-state index in [0.29, 0.717) is 5.41 Å². The number of ether oxygens (including phenoxy) is 1. The van der Waals surface area contributed by atoms with Gasteiger partial charge in [-0.1, -0.05) is 0 Å². The second kappa shape index (κ2) is 4.21. The molecule has 0 aromatic rings. The molecule has 1 unspecified atom stereocenters. The summed E-state index contributed by atoms with van der Waals surface area (Å²) >= 11 is 0. The van der Waals surface area contributed by atoms with Crippen LogP contribution in [0.25, 0.3) is 0 Å². The van der Waals surface area contributed by atoms with Gasteiger partial charge in [0.05, 0.1) is 6.61 Å². The summed E-state index contributed by atoms with van der Waals surface area (Å²) in [6.45, 7) is 2.78. The predicted molar refractivity (Wildman–Crippen MR) is 72.1 cm³/mol. The minimum Gasteiger partial charge on any atom is -0.381 e. The van der Waals surface area contributed by atoms with Crippen LogP contribution >= 0.6 is 0 Å². The molecule has 102 valence electrons. The zero-order valence-corrected chi connectivity index (χ0v) is 11.4. The average Bonchev–Trinajstić information content (AvgIpc) is 2.38. The van der Waals surface area contributed by atoms with E-state index in [2.05, 4.69) is 0 Å². The highest BCUT2D eigenvalue weighted by Gasteiger charge is 2.55. The van der Waals surface area contributed by atoms with E-state index in [4.69, 9.17) is 10.5 Å². The van der Waals surface area contributed by atoms with E-state index in [1.807, 2.05) is 0 Å². The number of rotatable bonds is 2. The molecule has 1 aliphatic heterocycles. The fourth-order valence-corrected chi connectivity index (χ4v) is 6.36. The van der Waals surface area contributed by atoms with Crippen molar-refractivity contribution in [2.75, 3.05) is 19.8 Å². The molecule has 4 aliphatic carbocycles. The van der Waals surface area contributed by atoms with Crippen LogP contribution in [0.5, 0.6) is 0 Å². The van der Waals surface area contributed by atoms with E-state index in [1.165, 1.54) is 38.5 Å². The van der Waals surface area contributed by atoms with Crippen LogP contribution < -0.4 is 5.73 Å². The summed E-state index contributed by atoms with van der Waals surface area (Å²) in [4.78, 5) is 0. The van der Waals surface area contributed by atoms with Gasteiger partial charge in [-0.25, -0.2) is 0 Å². The molecule has 5 fully saturated rings. The van der Waals surface area contributed by atoms with E-state index < -0.39 is 0 Å². The Hall–Kier alpha value is -0.0800. The van der Waals surface area contributed by atoms with Gasteiger partial charge in [0.25, 0.3) is 0 Å². The Morgan fingerprint density at radius 1 is 1.00 bits per heavy atom. The first-order valence-corrected chi connectivity index (χ1v) is 8.08. The van der Waals surface area contributed by atoms with Gasteiger partial charge < -0.3 is 10.5 Å². The minimum absolute atomic E-state index is 0.348. The minimum atomic E-state index is 0.348. The standard InChI is InChI=1S/C16H27NO/c17-9-16(2-1-3-18-10-16)15-13-5-11-4-12(7-13)8-14(15)6-11/h11-15H,1-10,17H2.